The lowest BCUT2D eigenvalue weighted by atomic mass is 10.2. The molecule has 2 aliphatic rings. The Kier molecular flexibility index (Phi) is 5.02. The summed E-state index contributed by atoms with van der Waals surface area (Å²) in [4.78, 5) is 10.3. The van der Waals surface area contributed by atoms with Gasteiger partial charge in [-0.15, -0.1) is 0 Å². The predicted octanol–water partition coefficient (Wildman–Crippen LogP) is 6.08. The van der Waals surface area contributed by atoms with Gasteiger partial charge in [0.1, 0.15) is 0 Å². The van der Waals surface area contributed by atoms with Crippen molar-refractivity contribution < 1.29 is 0 Å². The number of hydrogen-bond acceptors (Lipinski definition) is 3. The maximum Gasteiger partial charge on any atom is 0.0901 e. The maximum absolute atomic E-state index is 4.02. The molecule has 2 heterocycles. The molecule has 3 heteroatoms. The van der Waals surface area contributed by atoms with E-state index < -0.39 is 0 Å². The number of fused-ring (bicyclic) bond motifs is 1. The van der Waals surface area contributed by atoms with Crippen LogP contribution >= 0.6 is 0 Å². The van der Waals surface area contributed by atoms with Crippen LogP contribution < -0.4 is 4.90 Å². The van der Waals surface area contributed by atoms with Gasteiger partial charge in [-0.05, 0) is 48.6 Å². The molecule has 3 nitrogen and oxygen atoms in total. The van der Waals surface area contributed by atoms with Crippen LogP contribution in [0.1, 0.15) is 0 Å². The zero-order chi connectivity index (χ0) is 18.3. The summed E-state index contributed by atoms with van der Waals surface area (Å²) >= 11 is 0. The average Bonchev–Trinajstić information content (AvgIpc) is 3.36. The number of rotatable bonds is 3. The molecule has 0 aromatic heterocycles. The van der Waals surface area contributed by atoms with Crippen LogP contribution in [0, 0.1) is 0 Å². The lowest BCUT2D eigenvalue weighted by molar-refractivity contribution is 1.28. The molecule has 3 aromatic rings. The van der Waals surface area contributed by atoms with E-state index in [9.17, 15) is 0 Å². The number of allylic oxidation sites excluding steroid dienone is 2. The third kappa shape index (κ3) is 3.93. The first-order valence-electron chi connectivity index (χ1n) is 8.86. The van der Waals surface area contributed by atoms with Crippen molar-refractivity contribution >= 4 is 29.5 Å². The van der Waals surface area contributed by atoms with Crippen LogP contribution in [0.5, 0.6) is 0 Å². The normalized spacial score (nSPS) is 13.3. The molecule has 0 amide bonds. The fraction of sp³-hybridized carbons (Fsp3) is 0. The Hall–Kier alpha value is -3.72. The second-order valence-corrected chi connectivity index (χ2v) is 6.00. The Morgan fingerprint density at radius 1 is 0.444 bits per heavy atom. The third-order valence-electron chi connectivity index (χ3n) is 4.20. The topological polar surface area (TPSA) is 28.0 Å². The van der Waals surface area contributed by atoms with Gasteiger partial charge in [0.15, 0.2) is 0 Å². The van der Waals surface area contributed by atoms with Gasteiger partial charge >= 0.3 is 0 Å². The third-order valence-corrected chi connectivity index (χ3v) is 4.20. The summed E-state index contributed by atoms with van der Waals surface area (Å²) in [5, 5.41) is 0. The molecule has 3 aromatic carbocycles. The van der Waals surface area contributed by atoms with Crippen LogP contribution in [0.4, 0.5) is 17.1 Å². The Labute approximate surface area is 159 Å². The van der Waals surface area contributed by atoms with E-state index in [0.717, 1.165) is 11.4 Å². The van der Waals surface area contributed by atoms with E-state index in [2.05, 4.69) is 87.7 Å². The smallest absolute Gasteiger partial charge is 0.0901 e. The predicted molar refractivity (Wildman–Crippen MR) is 114 cm³/mol. The van der Waals surface area contributed by atoms with Crippen molar-refractivity contribution in [1.29, 1.82) is 0 Å². The number of para-hydroxylation sites is 3. The molecule has 0 saturated carbocycles. The molecule has 27 heavy (non-hydrogen) atoms. The van der Waals surface area contributed by atoms with Crippen LogP contribution in [0.15, 0.2) is 125 Å². The Morgan fingerprint density at radius 3 is 1.11 bits per heavy atom. The summed E-state index contributed by atoms with van der Waals surface area (Å²) in [5.74, 6) is 0. The summed E-state index contributed by atoms with van der Waals surface area (Å²) in [7, 11) is 0. The Bertz CT molecular complexity index is 881. The van der Waals surface area contributed by atoms with Gasteiger partial charge in [0.2, 0.25) is 0 Å². The molecular formula is C24H19N3. The highest BCUT2D eigenvalue weighted by Crippen LogP contribution is 2.33. The maximum atomic E-state index is 4.02. The van der Waals surface area contributed by atoms with Crippen molar-refractivity contribution in [2.24, 2.45) is 9.98 Å². The van der Waals surface area contributed by atoms with Crippen LogP contribution in [0.2, 0.25) is 0 Å². The summed E-state index contributed by atoms with van der Waals surface area (Å²) < 4.78 is 0. The van der Waals surface area contributed by atoms with Gasteiger partial charge in [-0.25, -0.2) is 0 Å². The van der Waals surface area contributed by atoms with Gasteiger partial charge in [0.25, 0.3) is 0 Å². The Morgan fingerprint density at radius 2 is 0.778 bits per heavy atom. The minimum atomic E-state index is 0.991. The van der Waals surface area contributed by atoms with Gasteiger partial charge < -0.3 is 4.90 Å². The monoisotopic (exact) mass is 349 g/mol. The standard InChI is InChI=1S/C18H15N.C6H4N2/c1-4-10-16(11-5-1)19(17-12-6-2-7-13-17)18-14-8-3-9-15-18;1-3-7-6-2-4-8-5(1)6/h1-15H;1-4H. The highest BCUT2D eigenvalue weighted by atomic mass is 15.1. The number of nitrogens with zero attached hydrogens (tertiary/aromatic N) is 3. The van der Waals surface area contributed by atoms with E-state index >= 15 is 0 Å². The summed E-state index contributed by atoms with van der Waals surface area (Å²) in [5.41, 5.74) is 5.48. The number of hydrogen-bond donors (Lipinski definition) is 0. The minimum absolute atomic E-state index is 0.991. The second kappa shape index (κ2) is 8.11. The SMILES string of the molecule is C1=NC2=CC=NC2=C1.c1ccc(N(c2ccccc2)c2ccccc2)cc1. The average molecular weight is 349 g/mol. The van der Waals surface area contributed by atoms with Gasteiger partial charge in [-0.1, -0.05) is 54.6 Å². The summed E-state index contributed by atoms with van der Waals surface area (Å²) in [6, 6.07) is 31.3. The van der Waals surface area contributed by atoms with Crippen molar-refractivity contribution in [2.45, 2.75) is 0 Å². The lowest BCUT2D eigenvalue weighted by Crippen LogP contribution is -2.09. The highest BCUT2D eigenvalue weighted by Gasteiger charge is 2.10. The molecule has 0 N–H and O–H groups in total. The van der Waals surface area contributed by atoms with Gasteiger partial charge in [-0.2, -0.15) is 0 Å². The van der Waals surface area contributed by atoms with E-state index in [-0.39, 0.29) is 0 Å². The molecule has 130 valence electrons. The minimum Gasteiger partial charge on any atom is -0.311 e. The van der Waals surface area contributed by atoms with Crippen molar-refractivity contribution in [1.82, 2.24) is 0 Å². The van der Waals surface area contributed by atoms with E-state index in [0.29, 0.717) is 0 Å². The first kappa shape index (κ1) is 16.7. The van der Waals surface area contributed by atoms with E-state index in [4.69, 9.17) is 0 Å². The molecule has 0 fully saturated rings. The largest absolute Gasteiger partial charge is 0.311 e. The lowest BCUT2D eigenvalue weighted by Gasteiger charge is -2.25. The van der Waals surface area contributed by atoms with Crippen molar-refractivity contribution in [3.05, 3.63) is 115 Å². The summed E-state index contributed by atoms with van der Waals surface area (Å²) in [6.45, 7) is 0. The van der Waals surface area contributed by atoms with Gasteiger partial charge in [-0.3, -0.25) is 9.98 Å². The van der Waals surface area contributed by atoms with Crippen molar-refractivity contribution in [2.75, 3.05) is 4.90 Å². The first-order valence-corrected chi connectivity index (χ1v) is 8.86. The van der Waals surface area contributed by atoms with Gasteiger partial charge in [0, 0.05) is 29.5 Å². The molecule has 0 unspecified atom stereocenters. The zero-order valence-electron chi connectivity index (χ0n) is 14.8. The van der Waals surface area contributed by atoms with Crippen LogP contribution in [0.25, 0.3) is 0 Å². The first-order chi connectivity index (χ1) is 13.4. The Balaban J connectivity index is 0.000000186. The molecule has 0 bridgehead atoms. The zero-order valence-corrected chi connectivity index (χ0v) is 14.8. The second-order valence-electron chi connectivity index (χ2n) is 6.00. The summed E-state index contributed by atoms with van der Waals surface area (Å²) in [6.07, 6.45) is 7.32. The van der Waals surface area contributed by atoms with Gasteiger partial charge in [0.05, 0.1) is 11.4 Å². The fourth-order valence-corrected chi connectivity index (χ4v) is 2.94. The van der Waals surface area contributed by atoms with E-state index in [1.54, 1.807) is 12.4 Å². The van der Waals surface area contributed by atoms with E-state index in [1.807, 2.05) is 30.4 Å². The quantitative estimate of drug-likeness (QED) is 0.563. The molecular weight excluding hydrogens is 330 g/mol. The molecule has 5 rings (SSSR count). The fourth-order valence-electron chi connectivity index (χ4n) is 2.94. The van der Waals surface area contributed by atoms with Crippen LogP contribution in [-0.2, 0) is 0 Å². The van der Waals surface area contributed by atoms with E-state index in [1.165, 1.54) is 17.1 Å². The van der Waals surface area contributed by atoms with Crippen LogP contribution in [-0.4, -0.2) is 12.4 Å². The molecule has 0 saturated heterocycles. The number of aliphatic imine (C=N–C) groups is 2. The van der Waals surface area contributed by atoms with Crippen LogP contribution in [0.3, 0.4) is 0 Å². The number of anilines is 3. The number of benzene rings is 3. The molecule has 2 aliphatic heterocycles. The van der Waals surface area contributed by atoms with Crippen molar-refractivity contribution in [3.8, 4) is 0 Å². The highest BCUT2D eigenvalue weighted by molar-refractivity contribution is 5.88. The molecule has 0 spiro atoms. The molecule has 0 atom stereocenters. The van der Waals surface area contributed by atoms with Crippen molar-refractivity contribution in [3.63, 3.8) is 0 Å². The molecule has 0 aliphatic carbocycles. The molecule has 0 radical (unpaired) electrons.